The van der Waals surface area contributed by atoms with Crippen molar-refractivity contribution in [2.45, 2.75) is 63.2 Å². The zero-order chi connectivity index (χ0) is 12.7. The number of nitrogens with zero attached hydrogens (tertiary/aromatic N) is 3. The highest BCUT2D eigenvalue weighted by Gasteiger charge is 2.35. The first-order chi connectivity index (χ1) is 9.42. The molecule has 19 heavy (non-hydrogen) atoms. The van der Waals surface area contributed by atoms with Gasteiger partial charge in [-0.3, -0.25) is 4.90 Å². The summed E-state index contributed by atoms with van der Waals surface area (Å²) in [5, 5.41) is 3.80. The third kappa shape index (κ3) is 2.32. The molecule has 1 saturated carbocycles. The second kappa shape index (κ2) is 4.91. The van der Waals surface area contributed by atoms with E-state index in [1.165, 1.54) is 57.3 Å². The van der Waals surface area contributed by atoms with Gasteiger partial charge in [0, 0.05) is 37.4 Å². The fraction of sp³-hybridized carbons (Fsp3) is 0.800. The van der Waals surface area contributed by atoms with E-state index in [1.807, 2.05) is 12.5 Å². The normalized spacial score (nSPS) is 31.6. The number of imidazole rings is 1. The van der Waals surface area contributed by atoms with E-state index in [-0.39, 0.29) is 0 Å². The van der Waals surface area contributed by atoms with Gasteiger partial charge in [-0.1, -0.05) is 6.42 Å². The van der Waals surface area contributed by atoms with Crippen LogP contribution in [-0.4, -0.2) is 39.6 Å². The summed E-state index contributed by atoms with van der Waals surface area (Å²) in [5.41, 5.74) is 1.37. The van der Waals surface area contributed by atoms with Gasteiger partial charge in [0.1, 0.15) is 0 Å². The lowest BCUT2D eigenvalue weighted by Gasteiger charge is -2.32. The van der Waals surface area contributed by atoms with Gasteiger partial charge in [0.05, 0.1) is 12.0 Å². The lowest BCUT2D eigenvalue weighted by Crippen LogP contribution is -2.44. The first-order valence-electron chi connectivity index (χ1n) is 7.90. The Morgan fingerprint density at radius 1 is 1.16 bits per heavy atom. The number of hydrogen-bond donors (Lipinski definition) is 1. The molecule has 0 bridgehead atoms. The monoisotopic (exact) mass is 260 g/mol. The summed E-state index contributed by atoms with van der Waals surface area (Å²) in [6.45, 7) is 3.61. The summed E-state index contributed by atoms with van der Waals surface area (Å²) in [6.07, 6.45) is 12.3. The van der Waals surface area contributed by atoms with Crippen molar-refractivity contribution >= 4 is 0 Å². The zero-order valence-electron chi connectivity index (χ0n) is 11.6. The molecule has 0 radical (unpaired) electrons. The fourth-order valence-electron chi connectivity index (χ4n) is 3.87. The molecule has 1 aliphatic carbocycles. The summed E-state index contributed by atoms with van der Waals surface area (Å²) in [7, 11) is 0. The van der Waals surface area contributed by atoms with Crippen LogP contribution in [0.5, 0.6) is 0 Å². The summed E-state index contributed by atoms with van der Waals surface area (Å²) in [4.78, 5) is 7.02. The number of hydrogen-bond acceptors (Lipinski definition) is 3. The Hall–Kier alpha value is -0.870. The molecule has 2 aliphatic heterocycles. The van der Waals surface area contributed by atoms with Crippen molar-refractivity contribution in [1.82, 2.24) is 19.8 Å². The first kappa shape index (κ1) is 11.9. The van der Waals surface area contributed by atoms with Gasteiger partial charge in [0.2, 0.25) is 0 Å². The van der Waals surface area contributed by atoms with Crippen LogP contribution in [0.25, 0.3) is 0 Å². The minimum Gasteiger partial charge on any atom is -0.330 e. The maximum Gasteiger partial charge on any atom is 0.0951 e. The van der Waals surface area contributed by atoms with Crippen LogP contribution < -0.4 is 5.32 Å². The molecule has 3 aliphatic rings. The molecule has 3 fully saturated rings. The lowest BCUT2D eigenvalue weighted by molar-refractivity contribution is 0.180. The maximum absolute atomic E-state index is 4.32. The quantitative estimate of drug-likeness (QED) is 0.898. The molecule has 3 heterocycles. The van der Waals surface area contributed by atoms with Gasteiger partial charge in [-0.25, -0.2) is 4.98 Å². The molecule has 2 atom stereocenters. The third-order valence-corrected chi connectivity index (χ3v) is 5.09. The van der Waals surface area contributed by atoms with Gasteiger partial charge in [-0.05, 0) is 38.6 Å². The second-order valence-corrected chi connectivity index (χ2v) is 6.40. The predicted octanol–water partition coefficient (Wildman–Crippen LogP) is 1.93. The van der Waals surface area contributed by atoms with Crippen molar-refractivity contribution in [3.63, 3.8) is 0 Å². The van der Waals surface area contributed by atoms with Crippen LogP contribution in [0.2, 0.25) is 0 Å². The SMILES string of the molecule is c1ncn(C2CC2)c1CNC1CCN2CCCCC12. The molecule has 4 nitrogen and oxygen atoms in total. The van der Waals surface area contributed by atoms with Crippen LogP contribution in [0.4, 0.5) is 0 Å². The standard InChI is InChI=1S/C15H24N4/c1-2-7-18-8-6-14(15(18)3-1)17-10-13-9-16-11-19(13)12-4-5-12/h9,11-12,14-15,17H,1-8,10H2. The topological polar surface area (TPSA) is 33.1 Å². The molecule has 0 aromatic carbocycles. The molecule has 1 aromatic heterocycles. The minimum absolute atomic E-state index is 0.697. The van der Waals surface area contributed by atoms with E-state index in [0.29, 0.717) is 6.04 Å². The average Bonchev–Trinajstić information content (AvgIpc) is 3.04. The third-order valence-electron chi connectivity index (χ3n) is 5.09. The average molecular weight is 260 g/mol. The summed E-state index contributed by atoms with van der Waals surface area (Å²) in [5.74, 6) is 0. The van der Waals surface area contributed by atoms with Crippen molar-refractivity contribution in [2.75, 3.05) is 13.1 Å². The van der Waals surface area contributed by atoms with E-state index in [0.717, 1.165) is 18.6 Å². The highest BCUT2D eigenvalue weighted by Crippen LogP contribution is 2.35. The summed E-state index contributed by atoms with van der Waals surface area (Å²) >= 11 is 0. The Morgan fingerprint density at radius 2 is 2.11 bits per heavy atom. The van der Waals surface area contributed by atoms with Crippen LogP contribution in [-0.2, 0) is 6.54 Å². The molecule has 104 valence electrons. The van der Waals surface area contributed by atoms with E-state index < -0.39 is 0 Å². The predicted molar refractivity (Wildman–Crippen MR) is 75.0 cm³/mol. The van der Waals surface area contributed by atoms with Crippen molar-refractivity contribution in [2.24, 2.45) is 0 Å². The van der Waals surface area contributed by atoms with E-state index >= 15 is 0 Å². The van der Waals surface area contributed by atoms with Gasteiger partial charge in [-0.2, -0.15) is 0 Å². The second-order valence-electron chi connectivity index (χ2n) is 6.40. The summed E-state index contributed by atoms with van der Waals surface area (Å²) in [6, 6.07) is 2.24. The maximum atomic E-state index is 4.32. The van der Waals surface area contributed by atoms with Crippen LogP contribution in [0.3, 0.4) is 0 Å². The number of rotatable bonds is 4. The Labute approximate surface area is 115 Å². The van der Waals surface area contributed by atoms with Gasteiger partial charge in [0.15, 0.2) is 0 Å². The van der Waals surface area contributed by atoms with Crippen LogP contribution in [0.15, 0.2) is 12.5 Å². The van der Waals surface area contributed by atoms with Crippen LogP contribution in [0, 0.1) is 0 Å². The van der Waals surface area contributed by atoms with Gasteiger partial charge in [-0.15, -0.1) is 0 Å². The van der Waals surface area contributed by atoms with Crippen molar-refractivity contribution < 1.29 is 0 Å². The Balaban J connectivity index is 1.38. The lowest BCUT2D eigenvalue weighted by atomic mass is 9.99. The van der Waals surface area contributed by atoms with E-state index in [9.17, 15) is 0 Å². The molecular weight excluding hydrogens is 236 g/mol. The highest BCUT2D eigenvalue weighted by atomic mass is 15.2. The Kier molecular flexibility index (Phi) is 3.08. The Bertz CT molecular complexity index is 437. The highest BCUT2D eigenvalue weighted by molar-refractivity contribution is 5.04. The number of fused-ring (bicyclic) bond motifs is 1. The van der Waals surface area contributed by atoms with Crippen LogP contribution in [0.1, 0.15) is 50.3 Å². The smallest absolute Gasteiger partial charge is 0.0951 e. The summed E-state index contributed by atoms with van der Waals surface area (Å²) < 4.78 is 2.38. The van der Waals surface area contributed by atoms with Crippen molar-refractivity contribution in [1.29, 1.82) is 0 Å². The van der Waals surface area contributed by atoms with E-state index in [1.54, 1.807) is 0 Å². The fourth-order valence-corrected chi connectivity index (χ4v) is 3.87. The first-order valence-corrected chi connectivity index (χ1v) is 7.90. The van der Waals surface area contributed by atoms with E-state index in [4.69, 9.17) is 0 Å². The molecule has 0 amide bonds. The molecular formula is C15H24N4. The largest absolute Gasteiger partial charge is 0.330 e. The Morgan fingerprint density at radius 3 is 3.00 bits per heavy atom. The molecule has 1 aromatic rings. The molecule has 2 saturated heterocycles. The molecule has 0 spiro atoms. The number of aromatic nitrogens is 2. The van der Waals surface area contributed by atoms with Crippen molar-refractivity contribution in [3.8, 4) is 0 Å². The van der Waals surface area contributed by atoms with Crippen molar-refractivity contribution in [3.05, 3.63) is 18.2 Å². The molecule has 1 N–H and O–H groups in total. The zero-order valence-corrected chi connectivity index (χ0v) is 11.6. The minimum atomic E-state index is 0.697. The molecule has 4 heteroatoms. The van der Waals surface area contributed by atoms with Crippen LogP contribution >= 0.6 is 0 Å². The van der Waals surface area contributed by atoms with Gasteiger partial charge < -0.3 is 9.88 Å². The van der Waals surface area contributed by atoms with E-state index in [2.05, 4.69) is 19.8 Å². The molecule has 2 unspecified atom stereocenters. The number of nitrogens with one attached hydrogen (secondary N) is 1. The molecule has 4 rings (SSSR count). The number of piperidine rings is 1. The van der Waals surface area contributed by atoms with Gasteiger partial charge in [0.25, 0.3) is 0 Å². The van der Waals surface area contributed by atoms with Gasteiger partial charge >= 0.3 is 0 Å².